The summed E-state index contributed by atoms with van der Waals surface area (Å²) in [6, 6.07) is 0. The molecule has 1 saturated heterocycles. The molecule has 72 valence electrons. The minimum atomic E-state index is -1.57. The maximum atomic E-state index is 9.12. The molecule has 6 heteroatoms. The molecule has 0 saturated carbocycles. The van der Waals surface area contributed by atoms with Gasteiger partial charge in [-0.25, -0.2) is 0 Å². The quantitative estimate of drug-likeness (QED) is 0.272. The third-order valence-corrected chi connectivity index (χ3v) is 1.87. The summed E-state index contributed by atoms with van der Waals surface area (Å²) in [5.41, 5.74) is 0. The highest BCUT2D eigenvalue weighted by Crippen LogP contribution is 2.18. The van der Waals surface area contributed by atoms with Crippen LogP contribution in [0.5, 0.6) is 0 Å². The van der Waals surface area contributed by atoms with Crippen LogP contribution in [0, 0.1) is 0 Å². The first kappa shape index (κ1) is 9.85. The smallest absolute Gasteiger partial charge is 0.184 e. The SMILES string of the molecule is OC[C@H]1OC(O)[13C@H](O)[C@@H](O)[C@H]1O. The largest absolute Gasteiger partial charge is 0.394 e. The van der Waals surface area contributed by atoms with E-state index >= 15 is 0 Å². The molecule has 1 rings (SSSR count). The van der Waals surface area contributed by atoms with E-state index in [9.17, 15) is 0 Å². The lowest BCUT2D eigenvalue weighted by Crippen LogP contribution is -2.58. The van der Waals surface area contributed by atoms with Gasteiger partial charge in [-0.2, -0.15) is 0 Å². The van der Waals surface area contributed by atoms with Crippen molar-refractivity contribution in [1.82, 2.24) is 0 Å². The summed E-state index contributed by atoms with van der Waals surface area (Å²) in [7, 11) is 0. The van der Waals surface area contributed by atoms with Crippen LogP contribution in [0.4, 0.5) is 0 Å². The van der Waals surface area contributed by atoms with Crippen molar-refractivity contribution in [1.29, 1.82) is 0 Å². The normalized spacial score (nSPS) is 49.2. The maximum Gasteiger partial charge on any atom is 0.184 e. The van der Waals surface area contributed by atoms with Crippen molar-refractivity contribution in [2.45, 2.75) is 30.7 Å². The Labute approximate surface area is 68.6 Å². The summed E-state index contributed by atoms with van der Waals surface area (Å²) >= 11 is 0. The van der Waals surface area contributed by atoms with E-state index < -0.39 is 37.3 Å². The molecule has 5 N–H and O–H groups in total. The highest BCUT2D eigenvalue weighted by atomic mass is 16.7. The minimum Gasteiger partial charge on any atom is -0.394 e. The topological polar surface area (TPSA) is 110 Å². The Hall–Kier alpha value is -0.240. The summed E-state index contributed by atoms with van der Waals surface area (Å²) in [4.78, 5) is 0. The van der Waals surface area contributed by atoms with Gasteiger partial charge in [0.2, 0.25) is 0 Å². The summed E-state index contributed by atoms with van der Waals surface area (Å²) in [6.07, 6.45) is -7.04. The second kappa shape index (κ2) is 3.65. The number of aliphatic hydroxyl groups excluding tert-OH is 5. The highest BCUT2D eigenvalue weighted by molar-refractivity contribution is 4.87. The predicted octanol–water partition coefficient (Wildman–Crippen LogP) is -3.22. The van der Waals surface area contributed by atoms with Gasteiger partial charge in [0.05, 0.1) is 6.61 Å². The van der Waals surface area contributed by atoms with Crippen LogP contribution in [0.3, 0.4) is 0 Å². The van der Waals surface area contributed by atoms with E-state index in [1.54, 1.807) is 0 Å². The van der Waals surface area contributed by atoms with Crippen molar-refractivity contribution < 1.29 is 30.3 Å². The molecule has 0 bridgehead atoms. The van der Waals surface area contributed by atoms with Gasteiger partial charge >= 0.3 is 0 Å². The maximum absolute atomic E-state index is 9.12. The van der Waals surface area contributed by atoms with Crippen molar-refractivity contribution >= 4 is 0 Å². The van der Waals surface area contributed by atoms with Crippen LogP contribution >= 0.6 is 0 Å². The highest BCUT2D eigenvalue weighted by Gasteiger charge is 2.42. The lowest BCUT2D eigenvalue weighted by molar-refractivity contribution is -0.286. The Bertz CT molecular complexity index is 146. The fourth-order valence-corrected chi connectivity index (χ4v) is 1.08. The molecule has 0 aromatic heterocycles. The summed E-state index contributed by atoms with van der Waals surface area (Å²) in [6.45, 7) is -0.526. The zero-order valence-corrected chi connectivity index (χ0v) is 6.24. The molecule has 6 nitrogen and oxygen atoms in total. The minimum absolute atomic E-state index is 0.526. The Morgan fingerprint density at radius 2 is 1.50 bits per heavy atom. The molecule has 1 unspecified atom stereocenters. The Morgan fingerprint density at radius 1 is 0.917 bits per heavy atom. The van der Waals surface area contributed by atoms with Gasteiger partial charge in [0, 0.05) is 0 Å². The zero-order valence-electron chi connectivity index (χ0n) is 6.24. The molecule has 12 heavy (non-hydrogen) atoms. The monoisotopic (exact) mass is 181 g/mol. The molecule has 1 heterocycles. The molecule has 1 aliphatic rings. The molecule has 1 fully saturated rings. The van der Waals surface area contributed by atoms with Crippen LogP contribution in [0.15, 0.2) is 0 Å². The predicted molar refractivity (Wildman–Crippen MR) is 36.0 cm³/mol. The van der Waals surface area contributed by atoms with E-state index in [0.717, 1.165) is 0 Å². The molecule has 1 aliphatic heterocycles. The summed E-state index contributed by atoms with van der Waals surface area (Å²) < 4.78 is 4.58. The second-order valence-electron chi connectivity index (χ2n) is 2.72. The van der Waals surface area contributed by atoms with Crippen LogP contribution in [0.25, 0.3) is 0 Å². The van der Waals surface area contributed by atoms with Crippen molar-refractivity contribution in [3.8, 4) is 0 Å². The number of hydrogen-bond acceptors (Lipinski definition) is 6. The molecule has 5 atom stereocenters. The number of hydrogen-bond donors (Lipinski definition) is 5. The van der Waals surface area contributed by atoms with Gasteiger partial charge in [-0.15, -0.1) is 0 Å². The number of aliphatic hydroxyl groups is 5. The Balaban J connectivity index is 2.63. The van der Waals surface area contributed by atoms with Gasteiger partial charge in [0.15, 0.2) is 6.29 Å². The van der Waals surface area contributed by atoms with E-state index in [1.807, 2.05) is 0 Å². The van der Waals surface area contributed by atoms with Crippen LogP contribution < -0.4 is 0 Å². The van der Waals surface area contributed by atoms with Crippen molar-refractivity contribution in [2.75, 3.05) is 6.61 Å². The first-order valence-corrected chi connectivity index (χ1v) is 3.56. The standard InChI is InChI=1S/C6H12O6/c7-1-2-3(8)4(9)5(10)6(11)12-2/h2-11H,1H2/t2-,3+,4+,5-,6?/m1/s1/i5+1. The molecule has 0 aromatic carbocycles. The van der Waals surface area contributed by atoms with Gasteiger partial charge < -0.3 is 30.3 Å². The molecular formula is C6H12O6. The summed E-state index contributed by atoms with van der Waals surface area (Å²) in [5, 5.41) is 44.7. The molecular weight excluding hydrogens is 169 g/mol. The fraction of sp³-hybridized carbons (Fsp3) is 1.00. The molecule has 0 aromatic rings. The van der Waals surface area contributed by atoms with Crippen molar-refractivity contribution in [3.63, 3.8) is 0 Å². The number of rotatable bonds is 1. The Morgan fingerprint density at radius 3 is 2.00 bits per heavy atom. The van der Waals surface area contributed by atoms with E-state index in [2.05, 4.69) is 4.74 Å². The van der Waals surface area contributed by atoms with Crippen LogP contribution in [-0.4, -0.2) is 62.8 Å². The van der Waals surface area contributed by atoms with Gasteiger partial charge in [-0.1, -0.05) is 0 Å². The summed E-state index contributed by atoms with van der Waals surface area (Å²) in [5.74, 6) is 0. The van der Waals surface area contributed by atoms with Gasteiger partial charge in [-0.3, -0.25) is 0 Å². The second-order valence-corrected chi connectivity index (χ2v) is 2.72. The lowest BCUT2D eigenvalue weighted by atomic mass is 10.1. The van der Waals surface area contributed by atoms with Crippen molar-refractivity contribution in [3.05, 3.63) is 0 Å². The third kappa shape index (κ3) is 1.58. The van der Waals surface area contributed by atoms with Crippen LogP contribution in [-0.2, 0) is 4.74 Å². The number of ether oxygens (including phenoxy) is 1. The third-order valence-electron chi connectivity index (χ3n) is 1.87. The first-order valence-electron chi connectivity index (χ1n) is 3.56. The lowest BCUT2D eigenvalue weighted by Gasteiger charge is -2.37. The van der Waals surface area contributed by atoms with E-state index in [1.165, 1.54) is 0 Å². The molecule has 0 amide bonds. The van der Waals surface area contributed by atoms with Crippen LogP contribution in [0.1, 0.15) is 0 Å². The average molecular weight is 181 g/mol. The van der Waals surface area contributed by atoms with E-state index in [-0.39, 0.29) is 0 Å². The molecule has 0 spiro atoms. The zero-order chi connectivity index (χ0) is 9.30. The average Bonchev–Trinajstić information content (AvgIpc) is 2.08. The van der Waals surface area contributed by atoms with Crippen molar-refractivity contribution in [2.24, 2.45) is 0 Å². The van der Waals surface area contributed by atoms with Crippen LogP contribution in [0.2, 0.25) is 0 Å². The van der Waals surface area contributed by atoms with E-state index in [4.69, 9.17) is 25.5 Å². The Kier molecular flexibility index (Phi) is 2.99. The van der Waals surface area contributed by atoms with Gasteiger partial charge in [-0.05, 0) is 0 Å². The molecule has 0 aliphatic carbocycles. The molecule has 0 radical (unpaired) electrons. The van der Waals surface area contributed by atoms with Gasteiger partial charge in [0.25, 0.3) is 0 Å². The van der Waals surface area contributed by atoms with Gasteiger partial charge in [0.1, 0.15) is 24.4 Å². The van der Waals surface area contributed by atoms with E-state index in [0.29, 0.717) is 0 Å². The first-order chi connectivity index (χ1) is 5.57. The fourth-order valence-electron chi connectivity index (χ4n) is 1.08.